The molecule has 1 aliphatic rings. The van der Waals surface area contributed by atoms with E-state index in [2.05, 4.69) is 16.0 Å². The van der Waals surface area contributed by atoms with E-state index in [4.69, 9.17) is 16.3 Å². The summed E-state index contributed by atoms with van der Waals surface area (Å²) >= 11 is 5.93. The number of rotatable bonds is 5. The number of hydrogen-bond donors (Lipinski definition) is 0. The maximum Gasteiger partial charge on any atom is 0.130 e. The van der Waals surface area contributed by atoms with E-state index in [0.29, 0.717) is 5.88 Å². The second-order valence-corrected chi connectivity index (χ2v) is 5.78. The number of halogens is 1. The molecule has 2 aromatic rings. The van der Waals surface area contributed by atoms with E-state index in [-0.39, 0.29) is 0 Å². The van der Waals surface area contributed by atoms with Crippen LogP contribution < -0.4 is 4.74 Å². The van der Waals surface area contributed by atoms with Crippen molar-refractivity contribution < 1.29 is 4.74 Å². The van der Waals surface area contributed by atoms with Crippen molar-refractivity contribution in [3.63, 3.8) is 0 Å². The van der Waals surface area contributed by atoms with Crippen LogP contribution in [0.3, 0.4) is 0 Å². The molecule has 1 aromatic carbocycles. The standard InChI is InChI=1S/C17H21ClN2O/c18-13-14-12-17(15-6-2-3-7-16(15)19-14)21-11-10-20-8-4-1-5-9-20/h2-3,6-7,12H,1,4-5,8-11,13H2. The molecule has 0 bridgehead atoms. The molecule has 1 aromatic heterocycles. The molecule has 4 heteroatoms. The van der Waals surface area contributed by atoms with Crippen molar-refractivity contribution in [1.29, 1.82) is 0 Å². The second kappa shape index (κ2) is 7.10. The van der Waals surface area contributed by atoms with Gasteiger partial charge in [0.05, 0.1) is 17.1 Å². The van der Waals surface area contributed by atoms with E-state index in [9.17, 15) is 0 Å². The van der Waals surface area contributed by atoms with Crippen LogP contribution in [0.1, 0.15) is 25.0 Å². The second-order valence-electron chi connectivity index (χ2n) is 5.51. The van der Waals surface area contributed by atoms with Gasteiger partial charge in [-0.25, -0.2) is 0 Å². The van der Waals surface area contributed by atoms with Gasteiger partial charge in [0.15, 0.2) is 0 Å². The normalized spacial score (nSPS) is 16.2. The molecular weight excluding hydrogens is 284 g/mol. The Kier molecular flexibility index (Phi) is 4.94. The quantitative estimate of drug-likeness (QED) is 0.785. The molecule has 0 aliphatic carbocycles. The van der Waals surface area contributed by atoms with Gasteiger partial charge < -0.3 is 4.74 Å². The zero-order valence-electron chi connectivity index (χ0n) is 12.2. The Balaban J connectivity index is 1.70. The fourth-order valence-corrected chi connectivity index (χ4v) is 2.99. The Bertz CT molecular complexity index is 596. The third-order valence-corrected chi connectivity index (χ3v) is 4.26. The van der Waals surface area contributed by atoms with Crippen LogP contribution in [0.15, 0.2) is 30.3 Å². The number of pyridine rings is 1. The van der Waals surface area contributed by atoms with Gasteiger partial charge in [0, 0.05) is 18.0 Å². The van der Waals surface area contributed by atoms with Crippen molar-refractivity contribution in [3.8, 4) is 5.75 Å². The summed E-state index contributed by atoms with van der Waals surface area (Å²) in [5, 5.41) is 1.06. The zero-order valence-corrected chi connectivity index (χ0v) is 13.0. The van der Waals surface area contributed by atoms with Crippen LogP contribution in [-0.2, 0) is 5.88 Å². The molecule has 1 aliphatic heterocycles. The highest BCUT2D eigenvalue weighted by atomic mass is 35.5. The Labute approximate surface area is 130 Å². The number of piperidine rings is 1. The topological polar surface area (TPSA) is 25.4 Å². The van der Waals surface area contributed by atoms with Crippen LogP contribution >= 0.6 is 11.6 Å². The van der Waals surface area contributed by atoms with E-state index >= 15 is 0 Å². The summed E-state index contributed by atoms with van der Waals surface area (Å²) in [6, 6.07) is 10.0. The third kappa shape index (κ3) is 3.66. The van der Waals surface area contributed by atoms with Gasteiger partial charge in [-0.3, -0.25) is 9.88 Å². The summed E-state index contributed by atoms with van der Waals surface area (Å²) < 4.78 is 6.02. The van der Waals surface area contributed by atoms with Crippen molar-refractivity contribution in [2.75, 3.05) is 26.2 Å². The number of likely N-dealkylation sites (tertiary alicyclic amines) is 1. The molecule has 0 N–H and O–H groups in total. The molecule has 2 heterocycles. The number of alkyl halides is 1. The van der Waals surface area contributed by atoms with E-state index < -0.39 is 0 Å². The van der Waals surface area contributed by atoms with Crippen molar-refractivity contribution in [1.82, 2.24) is 9.88 Å². The van der Waals surface area contributed by atoms with E-state index in [1.165, 1.54) is 32.4 Å². The molecule has 21 heavy (non-hydrogen) atoms. The summed E-state index contributed by atoms with van der Waals surface area (Å²) in [5.74, 6) is 1.31. The molecule has 112 valence electrons. The summed E-state index contributed by atoms with van der Waals surface area (Å²) in [7, 11) is 0. The molecule has 0 spiro atoms. The number of benzene rings is 1. The third-order valence-electron chi connectivity index (χ3n) is 3.98. The zero-order chi connectivity index (χ0) is 14.5. The Morgan fingerprint density at radius 3 is 2.76 bits per heavy atom. The lowest BCUT2D eigenvalue weighted by atomic mass is 10.1. The molecule has 3 rings (SSSR count). The Hall–Kier alpha value is -1.32. The van der Waals surface area contributed by atoms with Gasteiger partial charge in [0.2, 0.25) is 0 Å². The number of ether oxygens (including phenoxy) is 1. The molecule has 0 saturated carbocycles. The SMILES string of the molecule is ClCc1cc(OCCN2CCCCC2)c2ccccc2n1. The molecule has 0 unspecified atom stereocenters. The van der Waals surface area contributed by atoms with Crippen molar-refractivity contribution >= 4 is 22.5 Å². The predicted molar refractivity (Wildman–Crippen MR) is 87.1 cm³/mol. The molecule has 1 fully saturated rings. The number of nitrogens with zero attached hydrogens (tertiary/aromatic N) is 2. The van der Waals surface area contributed by atoms with Crippen LogP contribution in [-0.4, -0.2) is 36.1 Å². The van der Waals surface area contributed by atoms with Crippen LogP contribution in [0.2, 0.25) is 0 Å². The maximum atomic E-state index is 6.02. The highest BCUT2D eigenvalue weighted by Crippen LogP contribution is 2.26. The van der Waals surface area contributed by atoms with Gasteiger partial charge >= 0.3 is 0 Å². The van der Waals surface area contributed by atoms with Crippen molar-refractivity contribution in [2.24, 2.45) is 0 Å². The maximum absolute atomic E-state index is 6.02. The molecule has 3 nitrogen and oxygen atoms in total. The van der Waals surface area contributed by atoms with Gasteiger partial charge in [-0.15, -0.1) is 11.6 Å². The largest absolute Gasteiger partial charge is 0.491 e. The molecule has 0 radical (unpaired) electrons. The van der Waals surface area contributed by atoms with Crippen molar-refractivity contribution in [3.05, 3.63) is 36.0 Å². The summed E-state index contributed by atoms with van der Waals surface area (Å²) in [4.78, 5) is 7.01. The van der Waals surface area contributed by atoms with Gasteiger partial charge in [-0.2, -0.15) is 0 Å². The predicted octanol–water partition coefficient (Wildman–Crippen LogP) is 3.84. The molecular formula is C17H21ClN2O. The lowest BCUT2D eigenvalue weighted by molar-refractivity contribution is 0.184. The first-order chi connectivity index (χ1) is 10.4. The van der Waals surface area contributed by atoms with Gasteiger partial charge in [-0.1, -0.05) is 18.6 Å². The minimum absolute atomic E-state index is 0.410. The first kappa shape index (κ1) is 14.6. The average Bonchev–Trinajstić information content (AvgIpc) is 2.55. The number of fused-ring (bicyclic) bond motifs is 1. The lowest BCUT2D eigenvalue weighted by Gasteiger charge is -2.26. The van der Waals surface area contributed by atoms with E-state index in [1.807, 2.05) is 24.3 Å². The minimum Gasteiger partial charge on any atom is -0.491 e. The Morgan fingerprint density at radius 1 is 1.14 bits per heavy atom. The number of para-hydroxylation sites is 1. The first-order valence-corrected chi connectivity index (χ1v) is 8.20. The molecule has 0 atom stereocenters. The Morgan fingerprint density at radius 2 is 1.95 bits per heavy atom. The fraction of sp³-hybridized carbons (Fsp3) is 0.471. The van der Waals surface area contributed by atoms with Gasteiger partial charge in [-0.05, 0) is 38.1 Å². The van der Waals surface area contributed by atoms with Crippen LogP contribution in [0, 0.1) is 0 Å². The fourth-order valence-electron chi connectivity index (χ4n) is 2.85. The lowest BCUT2D eigenvalue weighted by Crippen LogP contribution is -2.33. The summed E-state index contributed by atoms with van der Waals surface area (Å²) in [6.45, 7) is 4.11. The number of hydrogen-bond acceptors (Lipinski definition) is 3. The average molecular weight is 305 g/mol. The monoisotopic (exact) mass is 304 g/mol. The van der Waals surface area contributed by atoms with E-state index in [0.717, 1.165) is 35.5 Å². The number of aromatic nitrogens is 1. The summed E-state index contributed by atoms with van der Waals surface area (Å²) in [6.07, 6.45) is 3.99. The smallest absolute Gasteiger partial charge is 0.130 e. The molecule has 1 saturated heterocycles. The highest BCUT2D eigenvalue weighted by Gasteiger charge is 2.11. The van der Waals surface area contributed by atoms with E-state index in [1.54, 1.807) is 0 Å². The van der Waals surface area contributed by atoms with Gasteiger partial charge in [0.25, 0.3) is 0 Å². The van der Waals surface area contributed by atoms with Crippen LogP contribution in [0.4, 0.5) is 0 Å². The molecule has 0 amide bonds. The minimum atomic E-state index is 0.410. The van der Waals surface area contributed by atoms with Crippen LogP contribution in [0.25, 0.3) is 10.9 Å². The summed E-state index contributed by atoms with van der Waals surface area (Å²) in [5.41, 5.74) is 1.81. The highest BCUT2D eigenvalue weighted by molar-refractivity contribution is 6.17. The van der Waals surface area contributed by atoms with Crippen LogP contribution in [0.5, 0.6) is 5.75 Å². The first-order valence-electron chi connectivity index (χ1n) is 7.66. The van der Waals surface area contributed by atoms with Crippen molar-refractivity contribution in [2.45, 2.75) is 25.1 Å². The van der Waals surface area contributed by atoms with Gasteiger partial charge in [0.1, 0.15) is 12.4 Å².